The predicted molar refractivity (Wildman–Crippen MR) is 36.0 cm³/mol. The van der Waals surface area contributed by atoms with Crippen molar-refractivity contribution in [3.63, 3.8) is 0 Å². The van der Waals surface area contributed by atoms with E-state index in [2.05, 4.69) is 0 Å². The lowest BCUT2D eigenvalue weighted by atomic mass is 9.89. The van der Waals surface area contributed by atoms with E-state index in [1.165, 1.54) is 6.42 Å². The molecule has 2 saturated heterocycles. The Morgan fingerprint density at radius 1 is 1.36 bits per heavy atom. The Morgan fingerprint density at radius 2 is 2.18 bits per heavy atom. The maximum Gasteiger partial charge on any atom is 0.309 e. The molecule has 0 unspecified atom stereocenters. The third kappa shape index (κ3) is 0.601. The van der Waals surface area contributed by atoms with Crippen molar-refractivity contribution >= 4 is 5.97 Å². The Bertz CT molecular complexity index is 225. The lowest BCUT2D eigenvalue weighted by Gasteiger charge is -2.12. The Morgan fingerprint density at radius 3 is 2.73 bits per heavy atom. The van der Waals surface area contributed by atoms with Crippen molar-refractivity contribution in [3.05, 3.63) is 0 Å². The summed E-state index contributed by atoms with van der Waals surface area (Å²) in [5, 5.41) is 8.79. The fraction of sp³-hybridized carbons (Fsp3) is 0.875. The van der Waals surface area contributed by atoms with Crippen LogP contribution in [0.1, 0.15) is 12.8 Å². The molecule has 3 heteroatoms. The van der Waals surface area contributed by atoms with Gasteiger partial charge in [0.1, 0.15) is 0 Å². The fourth-order valence-electron chi connectivity index (χ4n) is 2.69. The Labute approximate surface area is 64.3 Å². The van der Waals surface area contributed by atoms with Crippen LogP contribution in [-0.4, -0.2) is 23.3 Å². The summed E-state index contributed by atoms with van der Waals surface area (Å²) >= 11 is 0. The molecule has 0 spiro atoms. The van der Waals surface area contributed by atoms with Crippen LogP contribution in [0.15, 0.2) is 0 Å². The van der Waals surface area contributed by atoms with E-state index in [9.17, 15) is 4.79 Å². The maximum atomic E-state index is 10.7. The lowest BCUT2D eigenvalue weighted by molar-refractivity contribution is -0.143. The first-order chi connectivity index (χ1) is 5.27. The summed E-state index contributed by atoms with van der Waals surface area (Å²) in [7, 11) is 0. The summed E-state index contributed by atoms with van der Waals surface area (Å²) < 4.78 is 5.53. The van der Waals surface area contributed by atoms with Crippen LogP contribution >= 0.6 is 0 Å². The molecule has 2 bridgehead atoms. The van der Waals surface area contributed by atoms with Crippen LogP contribution in [0.4, 0.5) is 0 Å². The monoisotopic (exact) mass is 154 g/mol. The van der Waals surface area contributed by atoms with E-state index in [4.69, 9.17) is 9.84 Å². The standard InChI is InChI=1S/C8H10O3/c9-8(10)5-2-6-3-1-4(3)7(5)11-6/h3-7H,1-2H2,(H,9,10)/t3-,4+,5-,6-,7+/m1/s1. The minimum atomic E-state index is -0.664. The molecule has 5 atom stereocenters. The van der Waals surface area contributed by atoms with Crippen LogP contribution < -0.4 is 0 Å². The molecule has 0 amide bonds. The molecule has 3 rings (SSSR count). The molecule has 2 heterocycles. The summed E-state index contributed by atoms with van der Waals surface area (Å²) in [6.07, 6.45) is 2.36. The van der Waals surface area contributed by atoms with Gasteiger partial charge in [0, 0.05) is 0 Å². The molecule has 11 heavy (non-hydrogen) atoms. The number of carboxylic acid groups (broad SMARTS) is 1. The van der Waals surface area contributed by atoms with Crippen LogP contribution in [-0.2, 0) is 9.53 Å². The van der Waals surface area contributed by atoms with Gasteiger partial charge in [-0.25, -0.2) is 0 Å². The van der Waals surface area contributed by atoms with E-state index < -0.39 is 5.97 Å². The van der Waals surface area contributed by atoms with Gasteiger partial charge in [-0.2, -0.15) is 0 Å². The first kappa shape index (κ1) is 6.00. The molecule has 0 aromatic heterocycles. The normalized spacial score (nSPS) is 57.6. The van der Waals surface area contributed by atoms with Gasteiger partial charge >= 0.3 is 5.97 Å². The Hall–Kier alpha value is -0.570. The molecule has 3 nitrogen and oxygen atoms in total. The predicted octanol–water partition coefficient (Wildman–Crippen LogP) is 0.494. The number of ether oxygens (including phenoxy) is 1. The molecule has 1 aliphatic carbocycles. The maximum absolute atomic E-state index is 10.7. The van der Waals surface area contributed by atoms with E-state index in [1.807, 2.05) is 0 Å². The van der Waals surface area contributed by atoms with Gasteiger partial charge < -0.3 is 9.84 Å². The third-order valence-corrected chi connectivity index (χ3v) is 3.32. The fourth-order valence-corrected chi connectivity index (χ4v) is 2.69. The van der Waals surface area contributed by atoms with Gasteiger partial charge in [0.25, 0.3) is 0 Å². The first-order valence-electron chi connectivity index (χ1n) is 4.15. The Balaban J connectivity index is 1.87. The van der Waals surface area contributed by atoms with Gasteiger partial charge in [-0.15, -0.1) is 0 Å². The van der Waals surface area contributed by atoms with Gasteiger partial charge in [0.15, 0.2) is 0 Å². The zero-order chi connectivity index (χ0) is 7.59. The number of hydrogen-bond acceptors (Lipinski definition) is 2. The van der Waals surface area contributed by atoms with Crippen molar-refractivity contribution in [2.45, 2.75) is 25.0 Å². The summed E-state index contributed by atoms with van der Waals surface area (Å²) in [6.45, 7) is 0. The van der Waals surface area contributed by atoms with Crippen LogP contribution in [0.25, 0.3) is 0 Å². The van der Waals surface area contributed by atoms with Crippen LogP contribution in [0.5, 0.6) is 0 Å². The summed E-state index contributed by atoms with van der Waals surface area (Å²) in [4.78, 5) is 10.7. The van der Waals surface area contributed by atoms with Gasteiger partial charge in [-0.1, -0.05) is 0 Å². The number of carboxylic acids is 1. The number of rotatable bonds is 1. The smallest absolute Gasteiger partial charge is 0.309 e. The van der Waals surface area contributed by atoms with Gasteiger partial charge in [-0.05, 0) is 24.7 Å². The molecule has 3 aliphatic rings. The summed E-state index contributed by atoms with van der Waals surface area (Å²) in [6, 6.07) is 0. The molecular formula is C8H10O3. The largest absolute Gasteiger partial charge is 0.481 e. The van der Waals surface area contributed by atoms with Crippen LogP contribution in [0, 0.1) is 17.8 Å². The summed E-state index contributed by atoms with van der Waals surface area (Å²) in [5.74, 6) is 0.483. The van der Waals surface area contributed by atoms with E-state index >= 15 is 0 Å². The first-order valence-corrected chi connectivity index (χ1v) is 4.15. The molecule has 1 saturated carbocycles. The lowest BCUT2D eigenvalue weighted by Crippen LogP contribution is -2.26. The zero-order valence-electron chi connectivity index (χ0n) is 6.06. The highest BCUT2D eigenvalue weighted by atomic mass is 16.5. The molecule has 2 aliphatic heterocycles. The second-order valence-electron chi connectivity index (χ2n) is 3.88. The second-order valence-corrected chi connectivity index (χ2v) is 3.88. The number of aliphatic carboxylic acids is 1. The van der Waals surface area contributed by atoms with Crippen molar-refractivity contribution < 1.29 is 14.6 Å². The molecule has 3 fully saturated rings. The van der Waals surface area contributed by atoms with E-state index in [1.54, 1.807) is 0 Å². The minimum Gasteiger partial charge on any atom is -0.481 e. The molecule has 0 radical (unpaired) electrons. The van der Waals surface area contributed by atoms with Gasteiger partial charge in [0.2, 0.25) is 0 Å². The zero-order valence-corrected chi connectivity index (χ0v) is 6.06. The second kappa shape index (κ2) is 1.61. The highest BCUT2D eigenvalue weighted by molar-refractivity contribution is 5.71. The van der Waals surface area contributed by atoms with Crippen LogP contribution in [0.2, 0.25) is 0 Å². The van der Waals surface area contributed by atoms with Crippen molar-refractivity contribution in [1.82, 2.24) is 0 Å². The summed E-state index contributed by atoms with van der Waals surface area (Å²) in [5.41, 5.74) is 0. The van der Waals surface area contributed by atoms with E-state index in [0.717, 1.165) is 12.3 Å². The molecule has 0 aromatic rings. The van der Waals surface area contributed by atoms with Crippen molar-refractivity contribution in [1.29, 1.82) is 0 Å². The topological polar surface area (TPSA) is 46.5 Å². The molecular weight excluding hydrogens is 144 g/mol. The number of hydrogen-bond donors (Lipinski definition) is 1. The molecule has 60 valence electrons. The highest BCUT2D eigenvalue weighted by Crippen LogP contribution is 2.60. The highest BCUT2D eigenvalue weighted by Gasteiger charge is 2.64. The Kier molecular flexibility index (Phi) is 0.876. The average Bonchev–Trinajstić information content (AvgIpc) is 2.57. The molecule has 0 aromatic carbocycles. The SMILES string of the molecule is O=C(O)[C@@H]1C[C@H]2O[C@H]1[C@H]1C[C@H]12. The number of carbonyl (C=O) groups is 1. The average molecular weight is 154 g/mol. The van der Waals surface area contributed by atoms with Gasteiger partial charge in [0.05, 0.1) is 18.1 Å². The van der Waals surface area contributed by atoms with Crippen molar-refractivity contribution in [3.8, 4) is 0 Å². The van der Waals surface area contributed by atoms with E-state index in [0.29, 0.717) is 12.0 Å². The van der Waals surface area contributed by atoms with Crippen molar-refractivity contribution in [2.24, 2.45) is 17.8 Å². The molecule has 1 N–H and O–H groups in total. The third-order valence-electron chi connectivity index (χ3n) is 3.32. The quantitative estimate of drug-likeness (QED) is 0.598. The minimum absolute atomic E-state index is 0.0718. The number of fused-ring (bicyclic) bond motifs is 5. The van der Waals surface area contributed by atoms with Gasteiger partial charge in [-0.3, -0.25) is 4.79 Å². The van der Waals surface area contributed by atoms with E-state index in [-0.39, 0.29) is 12.0 Å². The van der Waals surface area contributed by atoms with Crippen molar-refractivity contribution in [2.75, 3.05) is 0 Å². The van der Waals surface area contributed by atoms with Crippen LogP contribution in [0.3, 0.4) is 0 Å².